The molecule has 3 heterocycles. The number of rotatable bonds is 4. The zero-order chi connectivity index (χ0) is 17.8. The summed E-state index contributed by atoms with van der Waals surface area (Å²) in [5, 5.41) is 11.6. The van der Waals surface area contributed by atoms with Crippen molar-refractivity contribution in [1.82, 2.24) is 24.4 Å². The highest BCUT2D eigenvalue weighted by atomic mass is 16.6. The number of aromatic nitrogens is 4. The van der Waals surface area contributed by atoms with Gasteiger partial charge in [-0.15, -0.1) is 0 Å². The van der Waals surface area contributed by atoms with Gasteiger partial charge in [-0.1, -0.05) is 0 Å². The van der Waals surface area contributed by atoms with E-state index in [1.54, 1.807) is 22.9 Å². The van der Waals surface area contributed by atoms with Crippen LogP contribution in [0.5, 0.6) is 0 Å². The first-order valence-electron chi connectivity index (χ1n) is 7.76. The first-order chi connectivity index (χ1) is 12.1. The number of nitrogens with zero attached hydrogens (tertiary/aromatic N) is 7. The van der Waals surface area contributed by atoms with Gasteiger partial charge in [0.15, 0.2) is 0 Å². The highest BCUT2D eigenvalue weighted by Gasteiger charge is 2.31. The summed E-state index contributed by atoms with van der Waals surface area (Å²) in [6, 6.07) is 0. The standard InChI is InChI=1S/C14H17N7O4/c1-2-25-14(22)19-7-5-18(6-8-19)12-11(21(23)24)13(17-9-16-12)20-4-3-15-10-20/h3-4,9-10H,2,5-8H2,1H3. The number of imidazole rings is 1. The van der Waals surface area contributed by atoms with E-state index in [0.29, 0.717) is 32.8 Å². The topological polar surface area (TPSA) is 120 Å². The van der Waals surface area contributed by atoms with Gasteiger partial charge in [-0.25, -0.2) is 19.7 Å². The summed E-state index contributed by atoms with van der Waals surface area (Å²) in [7, 11) is 0. The molecule has 0 spiro atoms. The highest BCUT2D eigenvalue weighted by molar-refractivity contribution is 5.69. The molecule has 0 N–H and O–H groups in total. The van der Waals surface area contributed by atoms with Crippen molar-refractivity contribution in [3.05, 3.63) is 35.2 Å². The molecule has 132 valence electrons. The van der Waals surface area contributed by atoms with Crippen molar-refractivity contribution in [2.45, 2.75) is 6.92 Å². The van der Waals surface area contributed by atoms with Crippen molar-refractivity contribution in [3.63, 3.8) is 0 Å². The fourth-order valence-electron chi connectivity index (χ4n) is 2.64. The van der Waals surface area contributed by atoms with Gasteiger partial charge in [-0.05, 0) is 6.92 Å². The second-order valence-electron chi connectivity index (χ2n) is 5.27. The van der Waals surface area contributed by atoms with Crippen molar-refractivity contribution in [3.8, 4) is 5.82 Å². The number of ether oxygens (including phenoxy) is 1. The van der Waals surface area contributed by atoms with E-state index in [4.69, 9.17) is 4.74 Å². The van der Waals surface area contributed by atoms with E-state index in [1.807, 2.05) is 0 Å². The number of carbonyl (C=O) groups is 1. The Hall–Kier alpha value is -3.24. The zero-order valence-corrected chi connectivity index (χ0v) is 13.6. The smallest absolute Gasteiger partial charge is 0.409 e. The molecule has 1 saturated heterocycles. The summed E-state index contributed by atoms with van der Waals surface area (Å²) in [4.78, 5) is 38.3. The Labute approximate surface area is 143 Å². The van der Waals surface area contributed by atoms with Crippen LogP contribution < -0.4 is 4.90 Å². The average molecular weight is 347 g/mol. The summed E-state index contributed by atoms with van der Waals surface area (Å²) in [5.41, 5.74) is -0.190. The molecule has 0 radical (unpaired) electrons. The van der Waals surface area contributed by atoms with Crippen molar-refractivity contribution in [2.75, 3.05) is 37.7 Å². The molecule has 11 nitrogen and oxygen atoms in total. The molecule has 0 bridgehead atoms. The Balaban J connectivity index is 1.85. The molecule has 1 aliphatic heterocycles. The van der Waals surface area contributed by atoms with Crippen LogP contribution in [0, 0.1) is 10.1 Å². The van der Waals surface area contributed by atoms with Crippen LogP contribution >= 0.6 is 0 Å². The quantitative estimate of drug-likeness (QED) is 0.590. The highest BCUT2D eigenvalue weighted by Crippen LogP contribution is 2.31. The summed E-state index contributed by atoms with van der Waals surface area (Å²) < 4.78 is 6.45. The molecule has 3 rings (SSSR count). The van der Waals surface area contributed by atoms with Gasteiger partial charge in [-0.3, -0.25) is 14.7 Å². The fraction of sp³-hybridized carbons (Fsp3) is 0.429. The lowest BCUT2D eigenvalue weighted by Crippen LogP contribution is -2.49. The molecule has 11 heteroatoms. The van der Waals surface area contributed by atoms with Crippen molar-refractivity contribution >= 4 is 17.6 Å². The summed E-state index contributed by atoms with van der Waals surface area (Å²) >= 11 is 0. The van der Waals surface area contributed by atoms with Gasteiger partial charge >= 0.3 is 11.8 Å². The second-order valence-corrected chi connectivity index (χ2v) is 5.27. The maximum atomic E-state index is 11.8. The number of carbonyl (C=O) groups excluding carboxylic acids is 1. The lowest BCUT2D eigenvalue weighted by molar-refractivity contribution is -0.384. The van der Waals surface area contributed by atoms with Crippen molar-refractivity contribution < 1.29 is 14.5 Å². The summed E-state index contributed by atoms with van der Waals surface area (Å²) in [5.74, 6) is 0.382. The molecule has 0 unspecified atom stereocenters. The number of hydrogen-bond donors (Lipinski definition) is 0. The fourth-order valence-corrected chi connectivity index (χ4v) is 2.64. The van der Waals surface area contributed by atoms with Crippen LogP contribution in [0.25, 0.3) is 5.82 Å². The van der Waals surface area contributed by atoms with E-state index < -0.39 is 4.92 Å². The SMILES string of the molecule is CCOC(=O)N1CCN(c2ncnc(-n3ccnc3)c2[N+](=O)[O-])CC1. The first kappa shape index (κ1) is 16.6. The van der Waals surface area contributed by atoms with Crippen LogP contribution in [-0.4, -0.2) is 68.2 Å². The minimum Gasteiger partial charge on any atom is -0.450 e. The average Bonchev–Trinajstić information content (AvgIpc) is 3.16. The van der Waals surface area contributed by atoms with Crippen LogP contribution in [0.1, 0.15) is 6.92 Å². The first-order valence-corrected chi connectivity index (χ1v) is 7.76. The largest absolute Gasteiger partial charge is 0.450 e. The van der Waals surface area contributed by atoms with E-state index in [-0.39, 0.29) is 23.4 Å². The van der Waals surface area contributed by atoms with E-state index in [1.165, 1.54) is 23.4 Å². The van der Waals surface area contributed by atoms with Gasteiger partial charge in [0.2, 0.25) is 11.6 Å². The van der Waals surface area contributed by atoms with Gasteiger partial charge in [-0.2, -0.15) is 0 Å². The van der Waals surface area contributed by atoms with Crippen LogP contribution in [0.15, 0.2) is 25.0 Å². The van der Waals surface area contributed by atoms with Gasteiger partial charge in [0.05, 0.1) is 11.5 Å². The van der Waals surface area contributed by atoms with Gasteiger partial charge in [0.25, 0.3) is 0 Å². The Kier molecular flexibility index (Phi) is 4.73. The van der Waals surface area contributed by atoms with E-state index in [2.05, 4.69) is 15.0 Å². The van der Waals surface area contributed by atoms with Crippen molar-refractivity contribution in [1.29, 1.82) is 0 Å². The van der Waals surface area contributed by atoms with Gasteiger partial charge in [0, 0.05) is 38.6 Å². The summed E-state index contributed by atoms with van der Waals surface area (Å²) in [6.45, 7) is 3.70. The van der Waals surface area contributed by atoms with Crippen LogP contribution in [0.3, 0.4) is 0 Å². The molecule has 25 heavy (non-hydrogen) atoms. The molecule has 1 aliphatic rings. The third kappa shape index (κ3) is 3.34. The monoisotopic (exact) mass is 347 g/mol. The third-order valence-electron chi connectivity index (χ3n) is 3.82. The van der Waals surface area contributed by atoms with E-state index in [0.717, 1.165) is 0 Å². The Morgan fingerprint density at radius 1 is 1.28 bits per heavy atom. The number of piperazine rings is 1. The number of anilines is 1. The molecule has 1 amide bonds. The maximum Gasteiger partial charge on any atom is 0.409 e. The van der Waals surface area contributed by atoms with E-state index >= 15 is 0 Å². The molecule has 0 aliphatic carbocycles. The number of hydrogen-bond acceptors (Lipinski definition) is 8. The van der Waals surface area contributed by atoms with Crippen LogP contribution in [-0.2, 0) is 4.74 Å². The zero-order valence-electron chi connectivity index (χ0n) is 13.6. The molecule has 2 aromatic rings. The van der Waals surface area contributed by atoms with Crippen LogP contribution in [0.2, 0.25) is 0 Å². The Morgan fingerprint density at radius 3 is 2.60 bits per heavy atom. The lowest BCUT2D eigenvalue weighted by Gasteiger charge is -2.34. The number of nitro groups is 1. The van der Waals surface area contributed by atoms with E-state index in [9.17, 15) is 14.9 Å². The minimum absolute atomic E-state index is 0.153. The molecule has 0 saturated carbocycles. The predicted octanol–water partition coefficient (Wildman–Crippen LogP) is 0.849. The molecule has 0 aromatic carbocycles. The normalized spacial score (nSPS) is 14.4. The lowest BCUT2D eigenvalue weighted by atomic mass is 10.3. The molecular weight excluding hydrogens is 330 g/mol. The minimum atomic E-state index is -0.498. The number of amides is 1. The predicted molar refractivity (Wildman–Crippen MR) is 86.6 cm³/mol. The molecule has 1 fully saturated rings. The Morgan fingerprint density at radius 2 is 2.00 bits per heavy atom. The van der Waals surface area contributed by atoms with Crippen molar-refractivity contribution in [2.24, 2.45) is 0 Å². The third-order valence-corrected chi connectivity index (χ3v) is 3.82. The summed E-state index contributed by atoms with van der Waals surface area (Å²) in [6.07, 6.45) is 5.45. The van der Waals surface area contributed by atoms with Crippen LogP contribution in [0.4, 0.5) is 16.3 Å². The van der Waals surface area contributed by atoms with Gasteiger partial charge in [0.1, 0.15) is 12.7 Å². The molecule has 0 atom stereocenters. The second kappa shape index (κ2) is 7.11. The van der Waals surface area contributed by atoms with Gasteiger partial charge < -0.3 is 14.5 Å². The Bertz CT molecular complexity index is 757. The molecule has 2 aromatic heterocycles. The molecular formula is C14H17N7O4. The maximum absolute atomic E-state index is 11.8.